The number of nitrogens with zero attached hydrogens (tertiary/aromatic N) is 2. The lowest BCUT2D eigenvalue weighted by atomic mass is 10.2. The number of hydrogen-bond acceptors (Lipinski definition) is 5. The fourth-order valence-electron chi connectivity index (χ4n) is 2.02. The van der Waals surface area contributed by atoms with Crippen molar-refractivity contribution in [1.29, 1.82) is 0 Å². The topological polar surface area (TPSA) is 45.2 Å². The van der Waals surface area contributed by atoms with Gasteiger partial charge in [-0.1, -0.05) is 13.8 Å². The first-order valence-corrected chi connectivity index (χ1v) is 9.13. The van der Waals surface area contributed by atoms with Crippen molar-refractivity contribution in [3.63, 3.8) is 0 Å². The highest BCUT2D eigenvalue weighted by Gasteiger charge is 2.19. The average Bonchev–Trinajstić information content (AvgIpc) is 2.71. The van der Waals surface area contributed by atoms with E-state index in [9.17, 15) is 4.21 Å². The van der Waals surface area contributed by atoms with Gasteiger partial charge < -0.3 is 10.2 Å². The van der Waals surface area contributed by atoms with Gasteiger partial charge in [0.15, 0.2) is 5.13 Å². The average molecular weight is 301 g/mol. The third-order valence-electron chi connectivity index (χ3n) is 3.17. The van der Waals surface area contributed by atoms with Gasteiger partial charge in [0.25, 0.3) is 0 Å². The number of aryl methyl sites for hydroxylation is 1. The summed E-state index contributed by atoms with van der Waals surface area (Å²) in [5.41, 5.74) is 1.13. The van der Waals surface area contributed by atoms with Crippen LogP contribution in [0.25, 0.3) is 0 Å². The van der Waals surface area contributed by atoms with Crippen LogP contribution < -0.4 is 10.2 Å². The quantitative estimate of drug-likeness (QED) is 0.900. The van der Waals surface area contributed by atoms with Crippen molar-refractivity contribution in [2.24, 2.45) is 5.92 Å². The van der Waals surface area contributed by atoms with E-state index in [1.807, 2.05) is 0 Å². The Morgan fingerprint density at radius 1 is 1.42 bits per heavy atom. The van der Waals surface area contributed by atoms with Crippen molar-refractivity contribution in [3.8, 4) is 0 Å². The largest absolute Gasteiger partial charge is 0.346 e. The summed E-state index contributed by atoms with van der Waals surface area (Å²) in [7, 11) is -0.620. The predicted octanol–water partition coefficient (Wildman–Crippen LogP) is 1.77. The molecule has 1 aromatic heterocycles. The van der Waals surface area contributed by atoms with Gasteiger partial charge >= 0.3 is 0 Å². The Morgan fingerprint density at radius 2 is 2.11 bits per heavy atom. The zero-order valence-corrected chi connectivity index (χ0v) is 13.6. The molecule has 19 heavy (non-hydrogen) atoms. The summed E-state index contributed by atoms with van der Waals surface area (Å²) < 4.78 is 11.4. The van der Waals surface area contributed by atoms with Gasteiger partial charge in [-0.15, -0.1) is 11.3 Å². The first-order valence-electron chi connectivity index (χ1n) is 6.83. The lowest BCUT2D eigenvalue weighted by molar-refractivity contribution is 0.554. The van der Waals surface area contributed by atoms with Crippen molar-refractivity contribution in [1.82, 2.24) is 10.3 Å². The van der Waals surface area contributed by atoms with Crippen LogP contribution in [0.4, 0.5) is 5.13 Å². The van der Waals surface area contributed by atoms with E-state index in [1.165, 1.54) is 4.88 Å². The zero-order chi connectivity index (χ0) is 13.8. The molecule has 1 aliphatic heterocycles. The van der Waals surface area contributed by atoms with E-state index >= 15 is 0 Å². The molecule has 6 heteroatoms. The molecule has 1 N–H and O–H groups in total. The molecule has 2 rings (SSSR count). The van der Waals surface area contributed by atoms with Crippen molar-refractivity contribution < 1.29 is 4.21 Å². The molecular weight excluding hydrogens is 278 g/mol. The third kappa shape index (κ3) is 4.26. The fraction of sp³-hybridized carbons (Fsp3) is 0.769. The second-order valence-electron chi connectivity index (χ2n) is 5.36. The SMILES string of the molecule is Cc1nc(N2CCS(=O)CC2)sc1CNCC(C)C. The Kier molecular flexibility index (Phi) is 5.36. The highest BCUT2D eigenvalue weighted by molar-refractivity contribution is 7.85. The summed E-state index contributed by atoms with van der Waals surface area (Å²) in [6, 6.07) is 0. The van der Waals surface area contributed by atoms with E-state index < -0.39 is 10.8 Å². The summed E-state index contributed by atoms with van der Waals surface area (Å²) in [6.45, 7) is 10.2. The number of thiazole rings is 1. The monoisotopic (exact) mass is 301 g/mol. The first-order chi connectivity index (χ1) is 9.06. The highest BCUT2D eigenvalue weighted by Crippen LogP contribution is 2.26. The van der Waals surface area contributed by atoms with E-state index in [2.05, 4.69) is 36.0 Å². The minimum atomic E-state index is -0.620. The van der Waals surface area contributed by atoms with Crippen molar-refractivity contribution >= 4 is 27.3 Å². The van der Waals surface area contributed by atoms with Crippen LogP contribution >= 0.6 is 11.3 Å². The Labute approximate surface area is 122 Å². The Bertz CT molecular complexity index is 435. The van der Waals surface area contributed by atoms with Crippen molar-refractivity contribution in [3.05, 3.63) is 10.6 Å². The van der Waals surface area contributed by atoms with Gasteiger partial charge in [0.1, 0.15) is 0 Å². The van der Waals surface area contributed by atoms with E-state index in [0.29, 0.717) is 5.92 Å². The van der Waals surface area contributed by atoms with Gasteiger partial charge in [-0.2, -0.15) is 0 Å². The van der Waals surface area contributed by atoms with Crippen LogP contribution in [0.1, 0.15) is 24.4 Å². The lowest BCUT2D eigenvalue weighted by Gasteiger charge is -2.25. The Morgan fingerprint density at radius 3 is 2.74 bits per heavy atom. The maximum atomic E-state index is 11.4. The Balaban J connectivity index is 1.94. The lowest BCUT2D eigenvalue weighted by Crippen LogP contribution is -2.37. The molecule has 0 bridgehead atoms. The predicted molar refractivity (Wildman–Crippen MR) is 83.5 cm³/mol. The number of rotatable bonds is 5. The van der Waals surface area contributed by atoms with Crippen LogP contribution in [0, 0.1) is 12.8 Å². The molecule has 0 aromatic carbocycles. The number of anilines is 1. The molecule has 0 aliphatic carbocycles. The highest BCUT2D eigenvalue weighted by atomic mass is 32.2. The second kappa shape index (κ2) is 6.81. The van der Waals surface area contributed by atoms with Crippen LogP contribution in [0.5, 0.6) is 0 Å². The molecule has 1 fully saturated rings. The van der Waals surface area contributed by atoms with Crippen molar-refractivity contribution in [2.75, 3.05) is 36.0 Å². The Hall–Kier alpha value is -0.460. The first kappa shape index (κ1) is 14.9. The van der Waals surface area contributed by atoms with Crippen LogP contribution in [0.3, 0.4) is 0 Å². The molecular formula is C13H23N3OS2. The molecule has 0 saturated carbocycles. The van der Waals surface area contributed by atoms with E-state index in [4.69, 9.17) is 0 Å². The van der Waals surface area contributed by atoms with Gasteiger partial charge in [0, 0.05) is 46.8 Å². The normalized spacial score (nSPS) is 17.4. The van der Waals surface area contributed by atoms with Crippen molar-refractivity contribution in [2.45, 2.75) is 27.3 Å². The van der Waals surface area contributed by atoms with Gasteiger partial charge in [-0.05, 0) is 19.4 Å². The summed E-state index contributed by atoms with van der Waals surface area (Å²) in [5, 5.41) is 4.56. The third-order valence-corrected chi connectivity index (χ3v) is 5.66. The van der Waals surface area contributed by atoms with Gasteiger partial charge in [0.05, 0.1) is 5.69 Å². The molecule has 108 valence electrons. The maximum absolute atomic E-state index is 11.4. The number of nitrogens with one attached hydrogen (secondary N) is 1. The molecule has 2 heterocycles. The summed E-state index contributed by atoms with van der Waals surface area (Å²) in [6.07, 6.45) is 0. The second-order valence-corrected chi connectivity index (χ2v) is 8.12. The van der Waals surface area contributed by atoms with Crippen LogP contribution in [0.2, 0.25) is 0 Å². The van der Waals surface area contributed by atoms with E-state index in [-0.39, 0.29) is 0 Å². The summed E-state index contributed by atoms with van der Waals surface area (Å²) in [5.74, 6) is 2.23. The molecule has 1 aliphatic rings. The standard InChI is InChI=1S/C13H23N3OS2/c1-10(2)8-14-9-12-11(3)15-13(18-12)16-4-6-19(17)7-5-16/h10,14H,4-9H2,1-3H3. The van der Waals surface area contributed by atoms with Crippen LogP contribution in [0.15, 0.2) is 0 Å². The molecule has 1 saturated heterocycles. The van der Waals surface area contributed by atoms with E-state index in [0.717, 1.165) is 48.5 Å². The molecule has 0 spiro atoms. The minimum absolute atomic E-state index is 0.620. The summed E-state index contributed by atoms with van der Waals surface area (Å²) in [4.78, 5) is 8.25. The molecule has 0 amide bonds. The molecule has 4 nitrogen and oxygen atoms in total. The fourth-order valence-corrected chi connectivity index (χ4v) is 4.15. The van der Waals surface area contributed by atoms with Gasteiger partial charge in [-0.3, -0.25) is 4.21 Å². The number of aromatic nitrogens is 1. The molecule has 0 radical (unpaired) electrons. The maximum Gasteiger partial charge on any atom is 0.185 e. The molecule has 1 aromatic rings. The van der Waals surface area contributed by atoms with Gasteiger partial charge in [0.2, 0.25) is 0 Å². The van der Waals surface area contributed by atoms with Crippen LogP contribution in [-0.2, 0) is 17.3 Å². The molecule has 0 unspecified atom stereocenters. The smallest absolute Gasteiger partial charge is 0.185 e. The van der Waals surface area contributed by atoms with Gasteiger partial charge in [-0.25, -0.2) is 4.98 Å². The molecule has 0 atom stereocenters. The summed E-state index contributed by atoms with van der Waals surface area (Å²) >= 11 is 1.77. The van der Waals surface area contributed by atoms with E-state index in [1.54, 1.807) is 11.3 Å². The van der Waals surface area contributed by atoms with Crippen LogP contribution in [-0.4, -0.2) is 40.3 Å². The minimum Gasteiger partial charge on any atom is -0.346 e. The zero-order valence-electron chi connectivity index (χ0n) is 11.9. The number of hydrogen-bond donors (Lipinski definition) is 1.